The van der Waals surface area contributed by atoms with Crippen molar-refractivity contribution in [2.75, 3.05) is 0 Å². The second-order valence-electron chi connectivity index (χ2n) is 7.71. The molecular weight excluding hydrogens is 400 g/mol. The van der Waals surface area contributed by atoms with E-state index in [4.69, 9.17) is 4.74 Å². The Morgan fingerprint density at radius 1 is 0.800 bits per heavy atom. The summed E-state index contributed by atoms with van der Waals surface area (Å²) in [7, 11) is -4.55. The van der Waals surface area contributed by atoms with Gasteiger partial charge < -0.3 is 9.84 Å². The fourth-order valence-corrected chi connectivity index (χ4v) is 4.49. The van der Waals surface area contributed by atoms with Crippen LogP contribution in [-0.2, 0) is 16.5 Å². The summed E-state index contributed by atoms with van der Waals surface area (Å²) in [5.74, 6) is 0.334. The summed E-state index contributed by atoms with van der Waals surface area (Å²) in [5.41, 5.74) is 0.213. The Balaban J connectivity index is 1.95. The average molecular weight is 435 g/mol. The molecule has 5 nitrogen and oxygen atoms in total. The molecule has 0 fully saturated rings. The maximum absolute atomic E-state index is 12.1. The van der Waals surface area contributed by atoms with Gasteiger partial charge in [0.05, 0.1) is 0 Å². The maximum Gasteiger partial charge on any atom is 0.298 e. The van der Waals surface area contributed by atoms with Gasteiger partial charge in [0, 0.05) is 5.56 Å². The third kappa shape index (κ3) is 8.00. The van der Waals surface area contributed by atoms with Crippen molar-refractivity contribution in [1.82, 2.24) is 0 Å². The Hall–Kier alpha value is -2.05. The number of phenolic OH excluding ortho intramolecular Hbond substituents is 1. The van der Waals surface area contributed by atoms with Crippen molar-refractivity contribution < 1.29 is 22.8 Å². The summed E-state index contributed by atoms with van der Waals surface area (Å²) in [6, 6.07) is 11.5. The Bertz CT molecular complexity index is 863. The van der Waals surface area contributed by atoms with Crippen LogP contribution in [0.3, 0.4) is 0 Å². The highest BCUT2D eigenvalue weighted by molar-refractivity contribution is 7.86. The maximum atomic E-state index is 12.1. The van der Waals surface area contributed by atoms with E-state index in [-0.39, 0.29) is 22.0 Å². The lowest BCUT2D eigenvalue weighted by molar-refractivity contribution is 0.430. The number of hydrogen-bond acceptors (Lipinski definition) is 4. The average Bonchev–Trinajstić information content (AvgIpc) is 2.71. The number of unbranched alkanes of at least 4 members (excludes halogenated alkanes) is 9. The zero-order chi connectivity index (χ0) is 21.8. The van der Waals surface area contributed by atoms with E-state index in [0.717, 1.165) is 19.3 Å². The lowest BCUT2D eigenvalue weighted by Crippen LogP contribution is -2.06. The van der Waals surface area contributed by atoms with Crippen LogP contribution in [0.4, 0.5) is 0 Å². The first-order valence-corrected chi connectivity index (χ1v) is 12.4. The van der Waals surface area contributed by atoms with Crippen molar-refractivity contribution in [1.29, 1.82) is 0 Å². The zero-order valence-electron chi connectivity index (χ0n) is 17.8. The highest BCUT2D eigenvalue weighted by Crippen LogP contribution is 2.37. The van der Waals surface area contributed by atoms with Crippen molar-refractivity contribution in [3.05, 3.63) is 48.0 Å². The zero-order valence-corrected chi connectivity index (χ0v) is 18.7. The van der Waals surface area contributed by atoms with Gasteiger partial charge in [-0.25, -0.2) is 0 Å². The predicted molar refractivity (Wildman–Crippen MR) is 120 cm³/mol. The summed E-state index contributed by atoms with van der Waals surface area (Å²) in [4.78, 5) is -0.345. The van der Waals surface area contributed by atoms with Crippen LogP contribution in [0.25, 0.3) is 0 Å². The van der Waals surface area contributed by atoms with E-state index in [1.54, 1.807) is 24.3 Å². The van der Waals surface area contributed by atoms with E-state index < -0.39 is 10.1 Å². The first-order chi connectivity index (χ1) is 14.4. The number of rotatable bonds is 14. The predicted octanol–water partition coefficient (Wildman–Crippen LogP) is 6.89. The SMILES string of the molecule is CCCCCCCCCCCCc1c(O)ccc(Oc2ccccc2)c1S(=O)(=O)O. The molecule has 0 aliphatic rings. The largest absolute Gasteiger partial charge is 0.508 e. The van der Waals surface area contributed by atoms with Crippen LogP contribution in [0, 0.1) is 0 Å². The number of aromatic hydroxyl groups is 1. The van der Waals surface area contributed by atoms with Gasteiger partial charge in [0.1, 0.15) is 22.1 Å². The van der Waals surface area contributed by atoms with E-state index in [2.05, 4.69) is 6.92 Å². The van der Waals surface area contributed by atoms with Crippen molar-refractivity contribution in [2.24, 2.45) is 0 Å². The molecule has 6 heteroatoms. The molecule has 0 radical (unpaired) electrons. The molecule has 0 saturated heterocycles. The van der Waals surface area contributed by atoms with Crippen LogP contribution in [0.1, 0.15) is 76.7 Å². The van der Waals surface area contributed by atoms with Gasteiger partial charge in [-0.3, -0.25) is 4.55 Å². The number of phenols is 1. The molecule has 0 aliphatic carbocycles. The molecular formula is C24H34O5S. The first kappa shape index (κ1) is 24.2. The van der Waals surface area contributed by atoms with Gasteiger partial charge in [-0.1, -0.05) is 82.9 Å². The summed E-state index contributed by atoms with van der Waals surface area (Å²) >= 11 is 0. The third-order valence-corrected chi connectivity index (χ3v) is 6.17. The van der Waals surface area contributed by atoms with E-state index >= 15 is 0 Å². The third-order valence-electron chi connectivity index (χ3n) is 5.21. The molecule has 0 saturated carbocycles. The van der Waals surface area contributed by atoms with Gasteiger partial charge in [-0.15, -0.1) is 0 Å². The van der Waals surface area contributed by atoms with Crippen LogP contribution >= 0.6 is 0 Å². The smallest absolute Gasteiger partial charge is 0.298 e. The van der Waals surface area contributed by atoms with Gasteiger partial charge in [0.25, 0.3) is 10.1 Å². The Kier molecular flexibility index (Phi) is 10.2. The van der Waals surface area contributed by atoms with Crippen molar-refractivity contribution in [3.63, 3.8) is 0 Å². The summed E-state index contributed by atoms with van der Waals surface area (Å²) in [6.07, 6.45) is 12.0. The minimum absolute atomic E-state index is 0.0172. The van der Waals surface area contributed by atoms with Crippen molar-refractivity contribution in [3.8, 4) is 17.2 Å². The molecule has 2 N–H and O–H groups in total. The van der Waals surface area contributed by atoms with Gasteiger partial charge in [0.15, 0.2) is 0 Å². The monoisotopic (exact) mass is 434 g/mol. The number of ether oxygens (including phenoxy) is 1. The van der Waals surface area contributed by atoms with Crippen LogP contribution in [-0.4, -0.2) is 18.1 Å². The Morgan fingerprint density at radius 2 is 1.37 bits per heavy atom. The highest BCUT2D eigenvalue weighted by atomic mass is 32.2. The number of para-hydroxylation sites is 1. The molecule has 166 valence electrons. The Morgan fingerprint density at radius 3 is 1.93 bits per heavy atom. The van der Waals surface area contributed by atoms with Crippen LogP contribution in [0.2, 0.25) is 0 Å². The normalized spacial score (nSPS) is 11.5. The summed E-state index contributed by atoms with van der Waals surface area (Å²) in [5, 5.41) is 10.3. The van der Waals surface area contributed by atoms with Crippen molar-refractivity contribution in [2.45, 2.75) is 82.4 Å². The van der Waals surface area contributed by atoms with Gasteiger partial charge in [0.2, 0.25) is 0 Å². The van der Waals surface area contributed by atoms with Crippen LogP contribution in [0.5, 0.6) is 17.2 Å². The Labute approximate surface area is 180 Å². The molecule has 30 heavy (non-hydrogen) atoms. The second kappa shape index (κ2) is 12.6. The van der Waals surface area contributed by atoms with Crippen LogP contribution < -0.4 is 4.74 Å². The van der Waals surface area contributed by atoms with Crippen molar-refractivity contribution >= 4 is 10.1 Å². The topological polar surface area (TPSA) is 83.8 Å². The molecule has 0 aliphatic heterocycles. The van der Waals surface area contributed by atoms with Gasteiger partial charge in [-0.05, 0) is 37.1 Å². The second-order valence-corrected chi connectivity index (χ2v) is 9.07. The quantitative estimate of drug-likeness (QED) is 0.250. The minimum Gasteiger partial charge on any atom is -0.508 e. The molecule has 2 aromatic carbocycles. The summed E-state index contributed by atoms with van der Waals surface area (Å²) in [6.45, 7) is 2.22. The molecule has 2 rings (SSSR count). The molecule has 2 aromatic rings. The molecule has 0 unspecified atom stereocenters. The van der Waals surface area contributed by atoms with Gasteiger partial charge >= 0.3 is 0 Å². The molecule has 0 spiro atoms. The molecule has 0 heterocycles. The molecule has 0 amide bonds. The standard InChI is InChI=1S/C24H34O5S/c1-2-3-4-5-6-7-8-9-10-14-17-21-22(25)18-19-23(24(21)30(26,27)28)29-20-15-12-11-13-16-20/h11-13,15-16,18-19,25H,2-10,14,17H2,1H3,(H,26,27,28). The van der Waals surface area contributed by atoms with Gasteiger partial charge in [-0.2, -0.15) is 8.42 Å². The molecule has 0 bridgehead atoms. The fraction of sp³-hybridized carbons (Fsp3) is 0.500. The lowest BCUT2D eigenvalue weighted by Gasteiger charge is -2.15. The minimum atomic E-state index is -4.55. The highest BCUT2D eigenvalue weighted by Gasteiger charge is 2.24. The molecule has 0 atom stereocenters. The first-order valence-electron chi connectivity index (χ1n) is 11.0. The van der Waals surface area contributed by atoms with E-state index in [1.807, 2.05) is 6.07 Å². The van der Waals surface area contributed by atoms with E-state index in [0.29, 0.717) is 12.2 Å². The number of hydrogen-bond donors (Lipinski definition) is 2. The molecule has 0 aromatic heterocycles. The summed E-state index contributed by atoms with van der Waals surface area (Å²) < 4.78 is 39.6. The van der Waals surface area contributed by atoms with Crippen LogP contribution in [0.15, 0.2) is 47.4 Å². The number of benzene rings is 2. The van der Waals surface area contributed by atoms with E-state index in [9.17, 15) is 18.1 Å². The van der Waals surface area contributed by atoms with E-state index in [1.165, 1.54) is 57.1 Å². The lowest BCUT2D eigenvalue weighted by atomic mass is 10.0. The fourth-order valence-electron chi connectivity index (χ4n) is 3.61.